The SMILES string of the molecule is CCc1cc2cc(C(=O)O)c(C(=O)O)nc2s1. The molecular formula is C11H9NO4S. The summed E-state index contributed by atoms with van der Waals surface area (Å²) in [6.45, 7) is 1.97. The van der Waals surface area contributed by atoms with Crippen molar-refractivity contribution in [3.63, 3.8) is 0 Å². The number of aromatic nitrogens is 1. The molecule has 2 N–H and O–H groups in total. The van der Waals surface area contributed by atoms with E-state index in [1.165, 1.54) is 17.4 Å². The van der Waals surface area contributed by atoms with Crippen LogP contribution in [0.4, 0.5) is 0 Å². The Hall–Kier alpha value is -1.95. The minimum atomic E-state index is -1.32. The Morgan fingerprint density at radius 2 is 2.00 bits per heavy atom. The summed E-state index contributed by atoms with van der Waals surface area (Å²) >= 11 is 1.38. The maximum absolute atomic E-state index is 10.9. The topological polar surface area (TPSA) is 87.5 Å². The number of nitrogens with zero attached hydrogens (tertiary/aromatic N) is 1. The number of carboxylic acids is 2. The standard InChI is InChI=1S/C11H9NO4S/c1-2-6-3-5-4-7(10(13)14)8(11(15)16)12-9(5)17-6/h3-4H,2H2,1H3,(H,13,14)(H,15,16). The smallest absolute Gasteiger partial charge is 0.355 e. The summed E-state index contributed by atoms with van der Waals surface area (Å²) in [7, 11) is 0. The highest BCUT2D eigenvalue weighted by Crippen LogP contribution is 2.26. The number of hydrogen-bond acceptors (Lipinski definition) is 4. The zero-order valence-corrected chi connectivity index (χ0v) is 9.74. The second kappa shape index (κ2) is 4.14. The molecule has 88 valence electrons. The van der Waals surface area contributed by atoms with Crippen LogP contribution in [0.25, 0.3) is 10.2 Å². The molecule has 0 bridgehead atoms. The molecule has 17 heavy (non-hydrogen) atoms. The van der Waals surface area contributed by atoms with Crippen LogP contribution in [0.3, 0.4) is 0 Å². The van der Waals surface area contributed by atoms with E-state index >= 15 is 0 Å². The molecule has 0 unspecified atom stereocenters. The van der Waals surface area contributed by atoms with Gasteiger partial charge in [0.1, 0.15) is 4.83 Å². The molecule has 0 saturated carbocycles. The third-order valence-corrected chi connectivity index (χ3v) is 3.53. The van der Waals surface area contributed by atoms with Crippen molar-refractivity contribution in [1.29, 1.82) is 0 Å². The van der Waals surface area contributed by atoms with Crippen molar-refractivity contribution in [3.8, 4) is 0 Å². The lowest BCUT2D eigenvalue weighted by Gasteiger charge is -2.00. The highest BCUT2D eigenvalue weighted by atomic mass is 32.1. The van der Waals surface area contributed by atoms with Crippen molar-refractivity contribution < 1.29 is 19.8 Å². The summed E-state index contributed by atoms with van der Waals surface area (Å²) < 4.78 is 0. The lowest BCUT2D eigenvalue weighted by molar-refractivity contribution is 0.0647. The molecule has 0 aliphatic rings. The van der Waals surface area contributed by atoms with Crippen LogP contribution in [0.15, 0.2) is 12.1 Å². The second-order valence-corrected chi connectivity index (χ2v) is 4.57. The van der Waals surface area contributed by atoms with Gasteiger partial charge in [-0.25, -0.2) is 14.6 Å². The van der Waals surface area contributed by atoms with Gasteiger partial charge in [-0.3, -0.25) is 0 Å². The van der Waals surface area contributed by atoms with Crippen LogP contribution in [-0.2, 0) is 6.42 Å². The lowest BCUT2D eigenvalue weighted by atomic mass is 10.1. The summed E-state index contributed by atoms with van der Waals surface area (Å²) in [6, 6.07) is 3.20. The number of hydrogen-bond donors (Lipinski definition) is 2. The quantitative estimate of drug-likeness (QED) is 0.873. The molecule has 0 amide bonds. The molecule has 2 aromatic rings. The Kier molecular flexibility index (Phi) is 2.81. The molecule has 0 aliphatic carbocycles. The number of carboxylic acid groups (broad SMARTS) is 2. The number of pyridine rings is 1. The Morgan fingerprint density at radius 3 is 2.53 bits per heavy atom. The minimum Gasteiger partial charge on any atom is -0.478 e. The first-order chi connectivity index (χ1) is 8.02. The monoisotopic (exact) mass is 251 g/mol. The molecular weight excluding hydrogens is 242 g/mol. The van der Waals surface area contributed by atoms with Gasteiger partial charge in [0.15, 0.2) is 5.69 Å². The van der Waals surface area contributed by atoms with Crippen molar-refractivity contribution >= 4 is 33.5 Å². The number of thiophene rings is 1. The van der Waals surface area contributed by atoms with Gasteiger partial charge in [0.05, 0.1) is 5.56 Å². The molecule has 5 nitrogen and oxygen atoms in total. The molecule has 0 aliphatic heterocycles. The van der Waals surface area contributed by atoms with E-state index in [0.717, 1.165) is 11.3 Å². The fraction of sp³-hybridized carbons (Fsp3) is 0.182. The number of fused-ring (bicyclic) bond motifs is 1. The Bertz CT molecular complexity index is 566. The van der Waals surface area contributed by atoms with E-state index in [-0.39, 0.29) is 5.56 Å². The predicted molar refractivity (Wildman–Crippen MR) is 62.9 cm³/mol. The van der Waals surface area contributed by atoms with E-state index in [2.05, 4.69) is 4.98 Å². The molecule has 0 aromatic carbocycles. The lowest BCUT2D eigenvalue weighted by Crippen LogP contribution is -2.10. The summed E-state index contributed by atoms with van der Waals surface area (Å²) in [6.07, 6.45) is 0.811. The molecule has 0 spiro atoms. The predicted octanol–water partition coefficient (Wildman–Crippen LogP) is 2.26. The first-order valence-electron chi connectivity index (χ1n) is 4.93. The average Bonchev–Trinajstić information content (AvgIpc) is 2.68. The maximum Gasteiger partial charge on any atom is 0.355 e. The molecule has 0 atom stereocenters. The van der Waals surface area contributed by atoms with E-state index in [1.807, 2.05) is 13.0 Å². The van der Waals surface area contributed by atoms with Crippen LogP contribution in [0, 0.1) is 0 Å². The first-order valence-corrected chi connectivity index (χ1v) is 5.74. The van der Waals surface area contributed by atoms with E-state index in [0.29, 0.717) is 10.2 Å². The van der Waals surface area contributed by atoms with Crippen molar-refractivity contribution in [2.75, 3.05) is 0 Å². The summed E-state index contributed by atoms with van der Waals surface area (Å²) in [5.41, 5.74) is -0.681. The fourth-order valence-corrected chi connectivity index (χ4v) is 2.48. The van der Waals surface area contributed by atoms with E-state index < -0.39 is 17.6 Å². The fourth-order valence-electron chi connectivity index (χ4n) is 1.52. The highest BCUT2D eigenvalue weighted by Gasteiger charge is 2.19. The number of rotatable bonds is 3. The Labute approximate surface area is 100 Å². The molecule has 0 fully saturated rings. The second-order valence-electron chi connectivity index (χ2n) is 3.46. The highest BCUT2D eigenvalue weighted by molar-refractivity contribution is 7.18. The number of aryl methyl sites for hydroxylation is 1. The van der Waals surface area contributed by atoms with Crippen LogP contribution < -0.4 is 0 Å². The van der Waals surface area contributed by atoms with Crippen LogP contribution in [0.2, 0.25) is 0 Å². The molecule has 6 heteroatoms. The Balaban J connectivity index is 2.74. The van der Waals surface area contributed by atoms with Crippen molar-refractivity contribution in [2.45, 2.75) is 13.3 Å². The van der Waals surface area contributed by atoms with Crippen LogP contribution in [-0.4, -0.2) is 27.1 Å². The zero-order chi connectivity index (χ0) is 12.6. The van der Waals surface area contributed by atoms with Gasteiger partial charge in [0.2, 0.25) is 0 Å². The summed E-state index contributed by atoms with van der Waals surface area (Å²) in [5.74, 6) is -2.60. The Morgan fingerprint density at radius 1 is 1.29 bits per heavy atom. The number of aromatic carboxylic acids is 2. The van der Waals surface area contributed by atoms with Gasteiger partial charge < -0.3 is 10.2 Å². The van der Waals surface area contributed by atoms with Gasteiger partial charge >= 0.3 is 11.9 Å². The number of carbonyl (C=O) groups is 2. The molecule has 2 rings (SSSR count). The van der Waals surface area contributed by atoms with Gasteiger partial charge in [0.25, 0.3) is 0 Å². The van der Waals surface area contributed by atoms with Gasteiger partial charge in [-0.15, -0.1) is 11.3 Å². The van der Waals surface area contributed by atoms with Crippen molar-refractivity contribution in [3.05, 3.63) is 28.3 Å². The first kappa shape index (κ1) is 11.5. The molecule has 0 saturated heterocycles. The van der Waals surface area contributed by atoms with E-state index in [1.54, 1.807) is 0 Å². The van der Waals surface area contributed by atoms with Crippen LogP contribution in [0.5, 0.6) is 0 Å². The molecule has 0 radical (unpaired) electrons. The molecule has 2 aromatic heterocycles. The van der Waals surface area contributed by atoms with Gasteiger partial charge in [-0.05, 0) is 18.6 Å². The van der Waals surface area contributed by atoms with E-state index in [9.17, 15) is 9.59 Å². The zero-order valence-electron chi connectivity index (χ0n) is 8.93. The van der Waals surface area contributed by atoms with Crippen molar-refractivity contribution in [1.82, 2.24) is 4.98 Å². The summed E-state index contributed by atoms with van der Waals surface area (Å²) in [4.78, 5) is 27.4. The van der Waals surface area contributed by atoms with Gasteiger partial charge in [-0.1, -0.05) is 6.92 Å². The van der Waals surface area contributed by atoms with Gasteiger partial charge in [-0.2, -0.15) is 0 Å². The minimum absolute atomic E-state index is 0.273. The van der Waals surface area contributed by atoms with E-state index in [4.69, 9.17) is 10.2 Å². The van der Waals surface area contributed by atoms with Crippen molar-refractivity contribution in [2.24, 2.45) is 0 Å². The summed E-state index contributed by atoms with van der Waals surface area (Å²) in [5, 5.41) is 18.5. The van der Waals surface area contributed by atoms with Crippen LogP contribution >= 0.6 is 11.3 Å². The third kappa shape index (κ3) is 1.99. The largest absolute Gasteiger partial charge is 0.478 e. The van der Waals surface area contributed by atoms with Crippen LogP contribution in [0.1, 0.15) is 32.6 Å². The average molecular weight is 251 g/mol. The normalized spacial score (nSPS) is 10.6. The van der Waals surface area contributed by atoms with Gasteiger partial charge in [0, 0.05) is 10.3 Å². The third-order valence-electron chi connectivity index (χ3n) is 2.34. The maximum atomic E-state index is 10.9. The molecule has 2 heterocycles.